The van der Waals surface area contributed by atoms with Gasteiger partial charge < -0.3 is 4.90 Å². The van der Waals surface area contributed by atoms with E-state index in [-0.39, 0.29) is 12.5 Å². The molecule has 0 saturated heterocycles. The van der Waals surface area contributed by atoms with Gasteiger partial charge in [0.2, 0.25) is 5.91 Å². The van der Waals surface area contributed by atoms with Crippen LogP contribution in [0.4, 0.5) is 0 Å². The predicted molar refractivity (Wildman–Crippen MR) is 99.9 cm³/mol. The average Bonchev–Trinajstić information content (AvgIpc) is 3.21. The fourth-order valence-electron chi connectivity index (χ4n) is 2.45. The number of carbonyl (C=O) groups is 1. The molecule has 1 amide bonds. The van der Waals surface area contributed by atoms with Crippen LogP contribution in [0.3, 0.4) is 0 Å². The van der Waals surface area contributed by atoms with Gasteiger partial charge in [-0.25, -0.2) is 9.78 Å². The highest BCUT2D eigenvalue weighted by atomic mass is 32.1. The van der Waals surface area contributed by atoms with Crippen molar-refractivity contribution in [1.82, 2.24) is 19.4 Å². The molecule has 3 rings (SSSR count). The maximum atomic E-state index is 12.5. The fourth-order valence-corrected chi connectivity index (χ4v) is 4.07. The van der Waals surface area contributed by atoms with Crippen LogP contribution in [0.15, 0.2) is 33.8 Å². The highest BCUT2D eigenvalue weighted by molar-refractivity contribution is 7.20. The number of thiazole rings is 1. The van der Waals surface area contributed by atoms with Crippen molar-refractivity contribution in [1.29, 1.82) is 0 Å². The van der Waals surface area contributed by atoms with E-state index >= 15 is 0 Å². The Labute approximate surface area is 153 Å². The minimum atomic E-state index is -0.395. The maximum absolute atomic E-state index is 12.5. The Balaban J connectivity index is 1.68. The standard InChI is InChI=1S/C17H18N4O2S2/c1-11-7-12(2)21(17(23)18-11)9-15(22)20(3)8-13-10-25-16(19-13)14-5-4-6-24-14/h4-7,10H,8-9H2,1-3H3. The summed E-state index contributed by atoms with van der Waals surface area (Å²) in [6.45, 7) is 3.96. The summed E-state index contributed by atoms with van der Waals surface area (Å²) in [5.74, 6) is -0.151. The summed E-state index contributed by atoms with van der Waals surface area (Å²) >= 11 is 3.21. The molecule has 0 bridgehead atoms. The lowest BCUT2D eigenvalue weighted by Gasteiger charge is -2.17. The first-order valence-corrected chi connectivity index (χ1v) is 9.47. The second-order valence-corrected chi connectivity index (χ2v) is 7.58. The smallest absolute Gasteiger partial charge is 0.338 e. The molecule has 3 aromatic rings. The molecule has 0 unspecified atom stereocenters. The van der Waals surface area contributed by atoms with E-state index < -0.39 is 5.69 Å². The van der Waals surface area contributed by atoms with Crippen LogP contribution in [0.5, 0.6) is 0 Å². The van der Waals surface area contributed by atoms with Gasteiger partial charge in [0.25, 0.3) is 0 Å². The Hall–Kier alpha value is -2.32. The monoisotopic (exact) mass is 374 g/mol. The largest absolute Gasteiger partial charge is 0.348 e. The molecule has 3 heterocycles. The van der Waals surface area contributed by atoms with Gasteiger partial charge >= 0.3 is 5.69 Å². The number of thiophene rings is 1. The zero-order valence-corrected chi connectivity index (χ0v) is 15.9. The molecule has 0 fully saturated rings. The second-order valence-electron chi connectivity index (χ2n) is 5.78. The summed E-state index contributed by atoms with van der Waals surface area (Å²) in [5, 5.41) is 4.94. The van der Waals surface area contributed by atoms with Crippen molar-refractivity contribution in [2.75, 3.05) is 7.05 Å². The molecule has 25 heavy (non-hydrogen) atoms. The maximum Gasteiger partial charge on any atom is 0.348 e. The van der Waals surface area contributed by atoms with E-state index in [2.05, 4.69) is 9.97 Å². The van der Waals surface area contributed by atoms with Crippen molar-refractivity contribution in [2.24, 2.45) is 0 Å². The van der Waals surface area contributed by atoms with Gasteiger partial charge in [0, 0.05) is 23.8 Å². The molecule has 3 aromatic heterocycles. The van der Waals surface area contributed by atoms with E-state index in [4.69, 9.17) is 0 Å². The minimum Gasteiger partial charge on any atom is -0.338 e. The quantitative estimate of drug-likeness (QED) is 0.689. The Morgan fingerprint density at radius 2 is 2.08 bits per heavy atom. The second kappa shape index (κ2) is 7.28. The summed E-state index contributed by atoms with van der Waals surface area (Å²) in [4.78, 5) is 35.6. The van der Waals surface area contributed by atoms with Gasteiger partial charge in [0.15, 0.2) is 0 Å². The van der Waals surface area contributed by atoms with Gasteiger partial charge in [-0.15, -0.1) is 22.7 Å². The first kappa shape index (κ1) is 17.5. The lowest BCUT2D eigenvalue weighted by Crippen LogP contribution is -2.35. The number of aryl methyl sites for hydroxylation is 2. The van der Waals surface area contributed by atoms with Crippen molar-refractivity contribution in [3.63, 3.8) is 0 Å². The molecule has 6 nitrogen and oxygen atoms in total. The molecule has 130 valence electrons. The Kier molecular flexibility index (Phi) is 5.10. The predicted octanol–water partition coefficient (Wildman–Crippen LogP) is 2.70. The third-order valence-corrected chi connectivity index (χ3v) is 5.68. The first-order valence-electron chi connectivity index (χ1n) is 7.71. The van der Waals surface area contributed by atoms with Gasteiger partial charge in [-0.2, -0.15) is 4.98 Å². The van der Waals surface area contributed by atoms with Crippen molar-refractivity contribution in [2.45, 2.75) is 26.9 Å². The van der Waals surface area contributed by atoms with Gasteiger partial charge in [0.1, 0.15) is 11.6 Å². The number of nitrogens with zero attached hydrogens (tertiary/aromatic N) is 4. The van der Waals surface area contributed by atoms with E-state index in [0.29, 0.717) is 12.2 Å². The fraction of sp³-hybridized carbons (Fsp3) is 0.294. The molecule has 0 aliphatic heterocycles. The number of rotatable bonds is 5. The highest BCUT2D eigenvalue weighted by Crippen LogP contribution is 2.28. The van der Waals surface area contributed by atoms with Crippen LogP contribution in [0.1, 0.15) is 17.1 Å². The van der Waals surface area contributed by atoms with Crippen molar-refractivity contribution in [3.8, 4) is 9.88 Å². The molecule has 0 radical (unpaired) electrons. The van der Waals surface area contributed by atoms with Gasteiger partial charge in [0.05, 0.1) is 17.1 Å². The third-order valence-electron chi connectivity index (χ3n) is 3.75. The number of carbonyl (C=O) groups excluding carboxylic acids is 1. The van der Waals surface area contributed by atoms with Crippen LogP contribution < -0.4 is 5.69 Å². The lowest BCUT2D eigenvalue weighted by atomic mass is 10.3. The summed E-state index contributed by atoms with van der Waals surface area (Å²) in [6, 6.07) is 5.82. The number of amides is 1. The number of likely N-dealkylation sites (N-methyl/N-ethyl adjacent to an activating group) is 1. The molecular formula is C17H18N4O2S2. The van der Waals surface area contributed by atoms with Gasteiger partial charge in [-0.3, -0.25) is 9.36 Å². The Morgan fingerprint density at radius 1 is 1.28 bits per heavy atom. The van der Waals surface area contributed by atoms with Gasteiger partial charge in [-0.05, 0) is 31.4 Å². The van der Waals surface area contributed by atoms with E-state index in [1.165, 1.54) is 4.57 Å². The normalized spacial score (nSPS) is 10.8. The SMILES string of the molecule is Cc1cc(C)n(CC(=O)N(C)Cc2csc(-c3cccs3)n2)c(=O)n1. The summed E-state index contributed by atoms with van der Waals surface area (Å²) < 4.78 is 1.39. The summed E-state index contributed by atoms with van der Waals surface area (Å²) in [7, 11) is 1.72. The number of hydrogen-bond donors (Lipinski definition) is 0. The van der Waals surface area contributed by atoms with Crippen LogP contribution in [-0.2, 0) is 17.9 Å². The highest BCUT2D eigenvalue weighted by Gasteiger charge is 2.15. The van der Waals surface area contributed by atoms with E-state index in [1.54, 1.807) is 54.5 Å². The van der Waals surface area contributed by atoms with E-state index in [9.17, 15) is 9.59 Å². The molecule has 0 spiro atoms. The van der Waals surface area contributed by atoms with Crippen LogP contribution >= 0.6 is 22.7 Å². The zero-order chi connectivity index (χ0) is 18.0. The zero-order valence-electron chi connectivity index (χ0n) is 14.2. The Morgan fingerprint density at radius 3 is 2.76 bits per heavy atom. The van der Waals surface area contributed by atoms with E-state index in [0.717, 1.165) is 21.3 Å². The molecular weight excluding hydrogens is 356 g/mol. The molecule has 0 N–H and O–H groups in total. The van der Waals surface area contributed by atoms with E-state index in [1.807, 2.05) is 22.9 Å². The Bertz CT molecular complexity index is 944. The first-order chi connectivity index (χ1) is 11.9. The minimum absolute atomic E-state index is 0.0175. The number of hydrogen-bond acceptors (Lipinski definition) is 6. The van der Waals surface area contributed by atoms with Crippen LogP contribution in [0.2, 0.25) is 0 Å². The molecule has 0 aliphatic carbocycles. The summed E-state index contributed by atoms with van der Waals surface area (Å²) in [5.41, 5.74) is 1.83. The van der Waals surface area contributed by atoms with Crippen LogP contribution in [-0.4, -0.2) is 32.4 Å². The average molecular weight is 374 g/mol. The molecule has 0 aromatic carbocycles. The van der Waals surface area contributed by atoms with Crippen LogP contribution in [0.25, 0.3) is 9.88 Å². The number of aromatic nitrogens is 3. The van der Waals surface area contributed by atoms with Crippen molar-refractivity contribution in [3.05, 3.63) is 56.5 Å². The molecule has 8 heteroatoms. The molecule has 0 saturated carbocycles. The molecule has 0 aliphatic rings. The van der Waals surface area contributed by atoms with Crippen LogP contribution in [0, 0.1) is 13.8 Å². The van der Waals surface area contributed by atoms with Crippen molar-refractivity contribution >= 4 is 28.6 Å². The van der Waals surface area contributed by atoms with Gasteiger partial charge in [-0.1, -0.05) is 6.07 Å². The lowest BCUT2D eigenvalue weighted by molar-refractivity contribution is -0.131. The summed E-state index contributed by atoms with van der Waals surface area (Å²) in [6.07, 6.45) is 0. The van der Waals surface area contributed by atoms with Crippen molar-refractivity contribution < 1.29 is 4.79 Å². The third kappa shape index (κ3) is 4.02. The molecule has 0 atom stereocenters. The topological polar surface area (TPSA) is 68.1 Å².